The molecule has 166 valence electrons. The number of nitrogens with zero attached hydrogens (tertiary/aromatic N) is 3. The van der Waals surface area contributed by atoms with E-state index in [9.17, 15) is 19.5 Å². The number of aliphatic hydroxyl groups is 1. The molecule has 0 aliphatic heterocycles. The summed E-state index contributed by atoms with van der Waals surface area (Å²) in [6.07, 6.45) is 0. The van der Waals surface area contributed by atoms with E-state index in [4.69, 9.17) is 5.11 Å². The van der Waals surface area contributed by atoms with Crippen LogP contribution in [0.2, 0.25) is 0 Å². The van der Waals surface area contributed by atoms with Crippen LogP contribution in [0, 0.1) is 0 Å². The Morgan fingerprint density at radius 2 is 1.78 bits per heavy atom. The number of carbonyl (C=O) groups excluding carboxylic acids is 2. The van der Waals surface area contributed by atoms with Crippen molar-refractivity contribution in [2.24, 2.45) is 7.05 Å². The molecule has 11 heteroatoms. The summed E-state index contributed by atoms with van der Waals surface area (Å²) in [6.45, 7) is -0.379. The average molecular weight is 455 g/mol. The van der Waals surface area contributed by atoms with Crippen molar-refractivity contribution in [1.82, 2.24) is 20.1 Å². The minimum atomic E-state index is -1.08. The molecule has 1 heterocycles. The number of aromatic nitrogens is 3. The van der Waals surface area contributed by atoms with Crippen molar-refractivity contribution in [3.8, 4) is 0 Å². The highest BCUT2D eigenvalue weighted by Gasteiger charge is 2.22. The molecule has 1 aromatic heterocycles. The van der Waals surface area contributed by atoms with Crippen molar-refractivity contribution in [3.63, 3.8) is 0 Å². The minimum Gasteiger partial charge on any atom is -0.478 e. The Balaban J connectivity index is 1.61. The van der Waals surface area contributed by atoms with E-state index < -0.39 is 12.0 Å². The Kier molecular flexibility index (Phi) is 7.58. The van der Waals surface area contributed by atoms with E-state index in [0.717, 1.165) is 11.8 Å². The first kappa shape index (κ1) is 23.0. The van der Waals surface area contributed by atoms with E-state index in [0.29, 0.717) is 22.2 Å². The van der Waals surface area contributed by atoms with Gasteiger partial charge in [-0.15, -0.1) is 10.2 Å². The monoisotopic (exact) mass is 455 g/mol. The molecular formula is C21H21N5O5S. The zero-order valence-corrected chi connectivity index (χ0v) is 17.9. The second-order valence-corrected chi connectivity index (χ2v) is 7.64. The van der Waals surface area contributed by atoms with Gasteiger partial charge in [0.05, 0.1) is 17.9 Å². The summed E-state index contributed by atoms with van der Waals surface area (Å²) in [7, 11) is 1.67. The molecule has 3 aromatic rings. The second kappa shape index (κ2) is 10.6. The topological polar surface area (TPSA) is 146 Å². The number of rotatable bonds is 9. The highest BCUT2D eigenvalue weighted by atomic mass is 32.2. The van der Waals surface area contributed by atoms with Crippen LogP contribution in [0.1, 0.15) is 32.6 Å². The molecule has 0 saturated heterocycles. The van der Waals surface area contributed by atoms with Crippen LogP contribution >= 0.6 is 11.8 Å². The molecule has 0 spiro atoms. The first-order chi connectivity index (χ1) is 15.4. The van der Waals surface area contributed by atoms with Crippen molar-refractivity contribution in [3.05, 3.63) is 71.5 Å². The molecule has 0 aliphatic carbocycles. The lowest BCUT2D eigenvalue weighted by Gasteiger charge is -2.16. The number of aromatic carboxylic acids is 1. The van der Waals surface area contributed by atoms with Crippen molar-refractivity contribution in [2.75, 3.05) is 17.7 Å². The molecule has 10 nitrogen and oxygen atoms in total. The van der Waals surface area contributed by atoms with Gasteiger partial charge in [-0.1, -0.05) is 36.0 Å². The van der Waals surface area contributed by atoms with Gasteiger partial charge in [-0.05, 0) is 30.3 Å². The molecule has 0 saturated carbocycles. The quantitative estimate of drug-likeness (QED) is 0.357. The average Bonchev–Trinajstić information content (AvgIpc) is 3.16. The van der Waals surface area contributed by atoms with Gasteiger partial charge in [0.1, 0.15) is 6.04 Å². The van der Waals surface area contributed by atoms with Gasteiger partial charge in [-0.2, -0.15) is 0 Å². The van der Waals surface area contributed by atoms with Gasteiger partial charge < -0.3 is 25.4 Å². The number of nitrogens with one attached hydrogen (secondary N) is 2. The summed E-state index contributed by atoms with van der Waals surface area (Å²) in [4.78, 5) is 35.7. The van der Waals surface area contributed by atoms with Crippen LogP contribution in [0.3, 0.4) is 0 Å². The third-order valence-electron chi connectivity index (χ3n) is 4.43. The molecule has 0 fully saturated rings. The third-order valence-corrected chi connectivity index (χ3v) is 5.45. The number of carboxylic acid groups (broad SMARTS) is 1. The van der Waals surface area contributed by atoms with E-state index in [2.05, 4.69) is 20.8 Å². The zero-order valence-electron chi connectivity index (χ0n) is 17.1. The number of carbonyl (C=O) groups is 3. The van der Waals surface area contributed by atoms with E-state index in [1.807, 2.05) is 0 Å². The third kappa shape index (κ3) is 5.71. The molecule has 0 bridgehead atoms. The van der Waals surface area contributed by atoms with Gasteiger partial charge >= 0.3 is 5.97 Å². The predicted octanol–water partition coefficient (Wildman–Crippen LogP) is 1.71. The van der Waals surface area contributed by atoms with Crippen molar-refractivity contribution < 1.29 is 24.6 Å². The number of hydrogen-bond acceptors (Lipinski definition) is 7. The summed E-state index contributed by atoms with van der Waals surface area (Å²) in [5.41, 5.74) is 0.894. The van der Waals surface area contributed by atoms with E-state index in [1.165, 1.54) is 12.1 Å². The number of carboxylic acids is 1. The summed E-state index contributed by atoms with van der Waals surface area (Å²) in [5.74, 6) is -1.44. The van der Waals surface area contributed by atoms with Crippen LogP contribution in [0.15, 0.2) is 59.8 Å². The first-order valence-corrected chi connectivity index (χ1v) is 10.5. The standard InChI is InChI=1S/C21H21N5O5S/c1-26-18(16(11-27)23-19(29)13-6-3-2-4-7-13)24-25-21(26)32-12-17(28)22-15-9-5-8-14(10-15)20(30)31/h2-10,16,27H,11-12H2,1H3,(H,22,28)(H,23,29)(H,30,31)/t16-/m1/s1. The van der Waals surface area contributed by atoms with Gasteiger partial charge in [0.15, 0.2) is 11.0 Å². The maximum atomic E-state index is 12.4. The van der Waals surface area contributed by atoms with Gasteiger partial charge in [-0.3, -0.25) is 9.59 Å². The SMILES string of the molecule is Cn1c(SCC(=O)Nc2cccc(C(=O)O)c2)nnc1[C@@H](CO)NC(=O)c1ccccc1. The lowest BCUT2D eigenvalue weighted by molar-refractivity contribution is -0.113. The fourth-order valence-electron chi connectivity index (χ4n) is 2.84. The predicted molar refractivity (Wildman–Crippen MR) is 117 cm³/mol. The highest BCUT2D eigenvalue weighted by molar-refractivity contribution is 7.99. The summed E-state index contributed by atoms with van der Waals surface area (Å²) >= 11 is 1.12. The number of aliphatic hydroxyl groups excluding tert-OH is 1. The van der Waals surface area contributed by atoms with E-state index in [1.54, 1.807) is 54.1 Å². The summed E-state index contributed by atoms with van der Waals surface area (Å²) in [6, 6.07) is 13.8. The molecule has 0 aliphatic rings. The molecule has 32 heavy (non-hydrogen) atoms. The van der Waals surface area contributed by atoms with E-state index in [-0.39, 0.29) is 29.7 Å². The molecule has 4 N–H and O–H groups in total. The van der Waals surface area contributed by atoms with Gasteiger partial charge in [0.2, 0.25) is 5.91 Å². The van der Waals surface area contributed by atoms with Gasteiger partial charge in [-0.25, -0.2) is 4.79 Å². The Morgan fingerprint density at radius 1 is 1.06 bits per heavy atom. The van der Waals surface area contributed by atoms with Crippen LogP contribution in [0.4, 0.5) is 5.69 Å². The van der Waals surface area contributed by atoms with Crippen LogP contribution in [-0.2, 0) is 11.8 Å². The van der Waals surface area contributed by atoms with Crippen LogP contribution < -0.4 is 10.6 Å². The van der Waals surface area contributed by atoms with E-state index >= 15 is 0 Å². The van der Waals surface area contributed by atoms with Crippen LogP contribution in [0.5, 0.6) is 0 Å². The molecule has 1 atom stereocenters. The fourth-order valence-corrected chi connectivity index (χ4v) is 3.55. The lowest BCUT2D eigenvalue weighted by Crippen LogP contribution is -2.32. The Labute approximate surface area is 187 Å². The normalized spacial score (nSPS) is 11.6. The van der Waals surface area contributed by atoms with Gasteiger partial charge in [0.25, 0.3) is 5.91 Å². The molecule has 2 aromatic carbocycles. The lowest BCUT2D eigenvalue weighted by atomic mass is 10.2. The summed E-state index contributed by atoms with van der Waals surface area (Å²) in [5, 5.41) is 32.6. The number of amides is 2. The summed E-state index contributed by atoms with van der Waals surface area (Å²) < 4.78 is 1.59. The van der Waals surface area contributed by atoms with Crippen molar-refractivity contribution >= 4 is 35.2 Å². The minimum absolute atomic E-state index is 0.00341. The van der Waals surface area contributed by atoms with Crippen molar-refractivity contribution in [1.29, 1.82) is 0 Å². The number of thioether (sulfide) groups is 1. The largest absolute Gasteiger partial charge is 0.478 e. The number of anilines is 1. The molecule has 0 unspecified atom stereocenters. The zero-order chi connectivity index (χ0) is 23.1. The van der Waals surface area contributed by atoms with Crippen molar-refractivity contribution in [2.45, 2.75) is 11.2 Å². The number of benzene rings is 2. The smallest absolute Gasteiger partial charge is 0.335 e. The maximum Gasteiger partial charge on any atom is 0.335 e. The molecule has 2 amide bonds. The second-order valence-electron chi connectivity index (χ2n) is 6.70. The van der Waals surface area contributed by atoms with Crippen LogP contribution in [0.25, 0.3) is 0 Å². The first-order valence-electron chi connectivity index (χ1n) is 9.51. The van der Waals surface area contributed by atoms with Gasteiger partial charge in [0, 0.05) is 18.3 Å². The Hall–Kier alpha value is -3.70. The Bertz CT molecular complexity index is 1120. The number of hydrogen-bond donors (Lipinski definition) is 4. The molecule has 0 radical (unpaired) electrons. The maximum absolute atomic E-state index is 12.4. The van der Waals surface area contributed by atoms with Crippen LogP contribution in [-0.4, -0.2) is 55.1 Å². The molecule has 3 rings (SSSR count). The highest BCUT2D eigenvalue weighted by Crippen LogP contribution is 2.20. The molecular weight excluding hydrogens is 434 g/mol. The fraction of sp³-hybridized carbons (Fsp3) is 0.190. The Morgan fingerprint density at radius 3 is 2.47 bits per heavy atom.